The number of aromatic amines is 3. The second-order valence-corrected chi connectivity index (χ2v) is 20.9. The van der Waals surface area contributed by atoms with E-state index in [2.05, 4.69) is 124 Å². The molecule has 10 heterocycles. The Kier molecular flexibility index (Phi) is 21.3. The van der Waals surface area contributed by atoms with Crippen molar-refractivity contribution in [1.29, 1.82) is 0 Å². The number of rotatable bonds is 6. The van der Waals surface area contributed by atoms with Crippen LogP contribution in [0.3, 0.4) is 0 Å². The lowest BCUT2D eigenvalue weighted by atomic mass is 9.77. The van der Waals surface area contributed by atoms with Crippen molar-refractivity contribution in [2.45, 2.75) is 134 Å². The van der Waals surface area contributed by atoms with E-state index in [0.717, 1.165) is 93.5 Å². The van der Waals surface area contributed by atoms with E-state index in [-0.39, 0.29) is 61.9 Å². The van der Waals surface area contributed by atoms with Gasteiger partial charge in [-0.2, -0.15) is 15.3 Å². The van der Waals surface area contributed by atoms with Crippen molar-refractivity contribution in [3.8, 4) is 22.6 Å². The summed E-state index contributed by atoms with van der Waals surface area (Å²) in [6.45, 7) is 32.9. The molecule has 0 aromatic carbocycles. The highest BCUT2D eigenvalue weighted by molar-refractivity contribution is 6.63. The fourth-order valence-corrected chi connectivity index (χ4v) is 9.50. The summed E-state index contributed by atoms with van der Waals surface area (Å²) < 4.78 is 28.3. The van der Waals surface area contributed by atoms with E-state index in [0.29, 0.717) is 55.8 Å². The first-order valence-electron chi connectivity index (χ1n) is 24.3. The van der Waals surface area contributed by atoms with E-state index in [9.17, 15) is 0 Å². The summed E-state index contributed by atoms with van der Waals surface area (Å²) in [5, 5.41) is 22.7. The van der Waals surface area contributed by atoms with Crippen LogP contribution in [0.15, 0.2) is 18.2 Å². The Labute approximate surface area is 462 Å². The van der Waals surface area contributed by atoms with Crippen molar-refractivity contribution in [3.63, 3.8) is 0 Å². The number of nitrogens with one attached hydrogen (secondary N) is 3. The molecule has 0 amide bonds. The van der Waals surface area contributed by atoms with Gasteiger partial charge in [0.15, 0.2) is 5.82 Å². The zero-order valence-electron chi connectivity index (χ0n) is 43.8. The maximum absolute atomic E-state index is 6.20. The zero-order valence-corrected chi connectivity index (χ0v) is 46.8. The third-order valence-corrected chi connectivity index (χ3v) is 14.1. The SMILES string of the molecule is C.C.C[C@@H]1COCCN1c1cc(Cl)nc(Cl)n1.Cc1n[nH]c(C)c1-c1cc(N2CCOC[C@H]2C)nc(Cl)n1.Cc1n[nH]c(C)c1-c1nc(Cl)cc(N2CCOC[C@H]2C)n1.Cc1n[nH]c(C)c1B1OC(C)(C)C(C)(C)O1. The van der Waals surface area contributed by atoms with E-state index in [4.69, 9.17) is 69.9 Å². The fourth-order valence-electron chi connectivity index (χ4n) is 8.75. The first-order chi connectivity index (χ1) is 34.5. The molecule has 410 valence electrons. The zero-order chi connectivity index (χ0) is 52.9. The van der Waals surface area contributed by atoms with Crippen LogP contribution in [0.1, 0.15) is 97.5 Å². The van der Waals surface area contributed by atoms with Crippen molar-refractivity contribution >= 4 is 76.4 Å². The van der Waals surface area contributed by atoms with Gasteiger partial charge in [0.1, 0.15) is 27.8 Å². The molecule has 4 saturated heterocycles. The molecule has 0 saturated carbocycles. The Morgan fingerprint density at radius 2 is 0.920 bits per heavy atom. The van der Waals surface area contributed by atoms with Gasteiger partial charge in [0.2, 0.25) is 10.6 Å². The first kappa shape index (κ1) is 61.2. The van der Waals surface area contributed by atoms with Gasteiger partial charge in [-0.15, -0.1) is 0 Å². The summed E-state index contributed by atoms with van der Waals surface area (Å²) in [7, 11) is -0.316. The lowest BCUT2D eigenvalue weighted by molar-refractivity contribution is 0.00578. The highest BCUT2D eigenvalue weighted by Gasteiger charge is 2.53. The average Bonchev–Trinajstić information content (AvgIpc) is 4.03. The molecule has 4 aliphatic rings. The van der Waals surface area contributed by atoms with Crippen molar-refractivity contribution in [2.24, 2.45) is 0 Å². The minimum Gasteiger partial charge on any atom is -0.399 e. The molecule has 4 fully saturated rings. The molecule has 0 spiro atoms. The van der Waals surface area contributed by atoms with E-state index in [1.807, 2.05) is 47.6 Å². The number of anilines is 3. The van der Waals surface area contributed by atoms with Crippen LogP contribution in [0.2, 0.25) is 20.9 Å². The molecule has 0 aliphatic carbocycles. The summed E-state index contributed by atoms with van der Waals surface area (Å²) in [5.41, 5.74) is 8.78. The van der Waals surface area contributed by atoms with Gasteiger partial charge in [0, 0.05) is 65.9 Å². The smallest absolute Gasteiger partial charge is 0.399 e. The molecule has 0 bridgehead atoms. The van der Waals surface area contributed by atoms with Crippen molar-refractivity contribution in [3.05, 3.63) is 73.2 Å². The minimum atomic E-state index is -0.316. The van der Waals surface area contributed by atoms with Crippen LogP contribution in [0.25, 0.3) is 22.6 Å². The number of morpholine rings is 3. The number of nitrogens with zero attached hydrogens (tertiary/aromatic N) is 12. The minimum absolute atomic E-state index is 0. The van der Waals surface area contributed by atoms with Gasteiger partial charge in [0.25, 0.3) is 0 Å². The van der Waals surface area contributed by atoms with Crippen LogP contribution < -0.4 is 20.2 Å². The molecule has 20 nitrogen and oxygen atoms in total. The molecule has 25 heteroatoms. The quantitative estimate of drug-likeness (QED) is 0.0803. The van der Waals surface area contributed by atoms with Crippen LogP contribution in [-0.2, 0) is 23.5 Å². The van der Waals surface area contributed by atoms with Crippen molar-refractivity contribution < 1.29 is 23.5 Å². The summed E-state index contributed by atoms with van der Waals surface area (Å²) in [6.07, 6.45) is 0. The molecule has 4 aliphatic heterocycles. The van der Waals surface area contributed by atoms with E-state index in [1.165, 1.54) is 0 Å². The van der Waals surface area contributed by atoms with Crippen LogP contribution in [0.5, 0.6) is 0 Å². The molecule has 3 atom stereocenters. The molecule has 6 aromatic rings. The van der Waals surface area contributed by atoms with Crippen LogP contribution in [0.4, 0.5) is 17.5 Å². The Bertz CT molecular complexity index is 2620. The van der Waals surface area contributed by atoms with Gasteiger partial charge < -0.3 is 38.2 Å². The Balaban J connectivity index is 0.000000185. The van der Waals surface area contributed by atoms with Crippen LogP contribution in [-0.4, -0.2) is 156 Å². The Hall–Kier alpha value is -4.71. The number of halogens is 4. The second-order valence-electron chi connectivity index (χ2n) is 19.5. The van der Waals surface area contributed by atoms with Crippen molar-refractivity contribution in [1.82, 2.24) is 60.5 Å². The molecule has 3 N–H and O–H groups in total. The Morgan fingerprint density at radius 3 is 1.33 bits per heavy atom. The standard InChI is InChI=1S/2C14H18ClN5O.C11H19BN2O2.C9H11Cl2N3O.2CH4/c1-8-7-21-5-4-20(8)12-6-11(15)16-14(17-12)13-9(2)18-19-10(13)3;1-8-7-21-5-4-20(8)12-6-11(16-14(15)17-12)13-9(2)18-19-10(13)3;1-7-9(8(2)14-13-7)12-15-10(3,4)11(5,6)16-12;1-6-5-15-3-2-14(6)8-4-7(10)12-9(11)13-8;;/h2*6,8H,4-5,7H2,1-3H3,(H,18,19);1-6H3,(H,13,14);4,6H,2-3,5H2,1H3;2*1H4/t2*8-;;6-;;/m11.1../s1. The molecule has 0 radical (unpaired) electrons. The lowest BCUT2D eigenvalue weighted by Crippen LogP contribution is -2.44. The summed E-state index contributed by atoms with van der Waals surface area (Å²) in [4.78, 5) is 32.2. The first-order valence-corrected chi connectivity index (χ1v) is 25.8. The van der Waals surface area contributed by atoms with Crippen molar-refractivity contribution in [2.75, 3.05) is 74.0 Å². The van der Waals surface area contributed by atoms with E-state index >= 15 is 0 Å². The van der Waals surface area contributed by atoms with Gasteiger partial charge in [-0.05, 0) is 113 Å². The monoisotopic (exact) mass is 1120 g/mol. The fraction of sp³-hybridized carbons (Fsp3) is 0.580. The van der Waals surface area contributed by atoms with Gasteiger partial charge in [-0.1, -0.05) is 38.1 Å². The normalized spacial score (nSPS) is 19.9. The largest absolute Gasteiger partial charge is 0.498 e. The molecule has 10 rings (SSSR count). The molecular weight excluding hydrogens is 1040 g/mol. The average molecular weight is 1120 g/mol. The van der Waals surface area contributed by atoms with Gasteiger partial charge in [0.05, 0.1) is 97.3 Å². The number of H-pyrrole nitrogens is 3. The second kappa shape index (κ2) is 26.1. The number of hydrogen-bond acceptors (Lipinski definition) is 17. The predicted molar refractivity (Wildman–Crippen MR) is 300 cm³/mol. The molecular formula is C50H74BCl4N15O5. The summed E-state index contributed by atoms with van der Waals surface area (Å²) in [6, 6.07) is 6.31. The van der Waals surface area contributed by atoms with Crippen LogP contribution in [0, 0.1) is 41.5 Å². The summed E-state index contributed by atoms with van der Waals surface area (Å²) >= 11 is 23.9. The van der Waals surface area contributed by atoms with Gasteiger partial charge in [-0.25, -0.2) is 29.9 Å². The van der Waals surface area contributed by atoms with E-state index < -0.39 is 0 Å². The maximum Gasteiger partial charge on any atom is 0.498 e. The third kappa shape index (κ3) is 14.7. The number of aromatic nitrogens is 12. The lowest BCUT2D eigenvalue weighted by Gasteiger charge is -2.34. The predicted octanol–water partition coefficient (Wildman–Crippen LogP) is 9.33. The maximum atomic E-state index is 6.20. The topological polar surface area (TPSA) is 219 Å². The van der Waals surface area contributed by atoms with Gasteiger partial charge in [-0.3, -0.25) is 15.3 Å². The van der Waals surface area contributed by atoms with Gasteiger partial charge >= 0.3 is 7.12 Å². The molecule has 0 unspecified atom stereocenters. The highest BCUT2D eigenvalue weighted by Crippen LogP contribution is 2.37. The van der Waals surface area contributed by atoms with E-state index in [1.54, 1.807) is 12.1 Å². The van der Waals surface area contributed by atoms with Crippen LogP contribution >= 0.6 is 46.4 Å². The number of ether oxygens (including phenoxy) is 3. The molecule has 75 heavy (non-hydrogen) atoms. The summed E-state index contributed by atoms with van der Waals surface area (Å²) in [5.74, 6) is 3.04. The molecule has 6 aromatic heterocycles. The number of aryl methyl sites for hydroxylation is 6. The number of hydrogen-bond donors (Lipinski definition) is 3. The third-order valence-electron chi connectivity index (χ3n) is 13.4. The Morgan fingerprint density at radius 1 is 0.520 bits per heavy atom. The highest BCUT2D eigenvalue weighted by atomic mass is 35.5.